The molecule has 0 aliphatic rings. The molecule has 0 atom stereocenters. The number of halogens is 1. The van der Waals surface area contributed by atoms with Gasteiger partial charge in [0.2, 0.25) is 17.6 Å². The van der Waals surface area contributed by atoms with Crippen molar-refractivity contribution in [2.45, 2.75) is 19.3 Å². The number of hydrogen-bond donors (Lipinski definition) is 2. The van der Waals surface area contributed by atoms with Gasteiger partial charge in [-0.25, -0.2) is 0 Å². The normalized spacial score (nSPS) is 10.6. The molecule has 2 aromatic rings. The van der Waals surface area contributed by atoms with E-state index >= 15 is 0 Å². The van der Waals surface area contributed by atoms with Gasteiger partial charge in [-0.15, -0.1) is 0 Å². The van der Waals surface area contributed by atoms with Crippen LogP contribution in [0.4, 0.5) is 0 Å². The Hall–Kier alpha value is -1.92. The first-order chi connectivity index (χ1) is 10.7. The van der Waals surface area contributed by atoms with Gasteiger partial charge >= 0.3 is 0 Å². The highest BCUT2D eigenvalue weighted by Gasteiger charge is 2.09. The van der Waals surface area contributed by atoms with Crippen molar-refractivity contribution in [1.29, 1.82) is 0 Å². The van der Waals surface area contributed by atoms with Crippen molar-refractivity contribution in [3.05, 3.63) is 35.2 Å². The van der Waals surface area contributed by atoms with E-state index in [4.69, 9.17) is 16.1 Å². The molecule has 0 aliphatic carbocycles. The summed E-state index contributed by atoms with van der Waals surface area (Å²) >= 11 is 5.93. The smallest absolute Gasteiger partial charge is 0.228 e. The van der Waals surface area contributed by atoms with Gasteiger partial charge in [0.05, 0.1) is 0 Å². The minimum Gasteiger partial charge on any atom is -0.356 e. The maximum Gasteiger partial charge on any atom is 0.228 e. The average molecular weight is 323 g/mol. The number of benzene rings is 1. The number of amides is 1. The molecule has 0 aliphatic heterocycles. The highest BCUT2D eigenvalue weighted by molar-refractivity contribution is 6.30. The van der Waals surface area contributed by atoms with E-state index in [0.717, 1.165) is 18.5 Å². The summed E-state index contributed by atoms with van der Waals surface area (Å²) in [7, 11) is 1.87. The topological polar surface area (TPSA) is 80.0 Å². The molecule has 0 saturated carbocycles. The molecular formula is C15H19ClN4O2. The maximum atomic E-state index is 11.6. The van der Waals surface area contributed by atoms with E-state index < -0.39 is 0 Å². The summed E-state index contributed by atoms with van der Waals surface area (Å²) in [5.74, 6) is 1.02. The number of aromatic nitrogens is 2. The second-order valence-electron chi connectivity index (χ2n) is 4.83. The fraction of sp³-hybridized carbons (Fsp3) is 0.400. The standard InChI is InChI=1S/C15H19ClN4O2/c1-17-8-3-6-13(21)18-9-7-14-19-15(20-22-14)11-4-2-5-12(16)10-11/h2,4-5,10,17H,3,6-9H2,1H3,(H,18,21). The fourth-order valence-corrected chi connectivity index (χ4v) is 2.11. The minimum absolute atomic E-state index is 0.0322. The Kier molecular flexibility index (Phi) is 6.36. The van der Waals surface area contributed by atoms with Crippen LogP contribution in [0.2, 0.25) is 5.02 Å². The Morgan fingerprint density at radius 2 is 2.23 bits per heavy atom. The van der Waals surface area contributed by atoms with Crippen LogP contribution in [0, 0.1) is 0 Å². The molecule has 0 fully saturated rings. The van der Waals surface area contributed by atoms with Gasteiger partial charge in [0.1, 0.15) is 0 Å². The van der Waals surface area contributed by atoms with E-state index in [1.54, 1.807) is 12.1 Å². The summed E-state index contributed by atoms with van der Waals surface area (Å²) in [5.41, 5.74) is 0.804. The molecular weight excluding hydrogens is 304 g/mol. The number of rotatable bonds is 8. The zero-order valence-electron chi connectivity index (χ0n) is 12.4. The van der Waals surface area contributed by atoms with Gasteiger partial charge in [-0.05, 0) is 32.1 Å². The molecule has 0 radical (unpaired) electrons. The molecule has 1 amide bonds. The summed E-state index contributed by atoms with van der Waals surface area (Å²) < 4.78 is 5.17. The zero-order valence-corrected chi connectivity index (χ0v) is 13.2. The summed E-state index contributed by atoms with van der Waals surface area (Å²) in [6.07, 6.45) is 1.84. The lowest BCUT2D eigenvalue weighted by atomic mass is 10.2. The van der Waals surface area contributed by atoms with Gasteiger partial charge in [0, 0.05) is 30.0 Å². The molecule has 0 unspecified atom stereocenters. The van der Waals surface area contributed by atoms with Crippen LogP contribution in [0.5, 0.6) is 0 Å². The average Bonchev–Trinajstić information content (AvgIpc) is 2.96. The molecule has 2 N–H and O–H groups in total. The molecule has 22 heavy (non-hydrogen) atoms. The molecule has 7 heteroatoms. The third kappa shape index (κ3) is 5.13. The second kappa shape index (κ2) is 8.51. The van der Waals surface area contributed by atoms with Crippen molar-refractivity contribution in [2.24, 2.45) is 0 Å². The predicted octanol–water partition coefficient (Wildman–Crippen LogP) is 2.05. The van der Waals surface area contributed by atoms with E-state index in [-0.39, 0.29) is 5.91 Å². The zero-order chi connectivity index (χ0) is 15.8. The van der Waals surface area contributed by atoms with Gasteiger partial charge in [0.15, 0.2) is 0 Å². The summed E-state index contributed by atoms with van der Waals surface area (Å²) in [6, 6.07) is 7.26. The van der Waals surface area contributed by atoms with Gasteiger partial charge in [-0.2, -0.15) is 4.98 Å². The van der Waals surface area contributed by atoms with Crippen LogP contribution in [0.15, 0.2) is 28.8 Å². The van der Waals surface area contributed by atoms with Gasteiger partial charge in [-0.1, -0.05) is 28.9 Å². The Morgan fingerprint density at radius 1 is 1.36 bits per heavy atom. The van der Waals surface area contributed by atoms with Crippen molar-refractivity contribution < 1.29 is 9.32 Å². The molecule has 1 aromatic heterocycles. The van der Waals surface area contributed by atoms with Crippen LogP contribution >= 0.6 is 11.6 Å². The number of carbonyl (C=O) groups excluding carboxylic acids is 1. The Morgan fingerprint density at radius 3 is 3.00 bits per heavy atom. The summed E-state index contributed by atoms with van der Waals surface area (Å²) in [4.78, 5) is 15.8. The minimum atomic E-state index is 0.0322. The fourth-order valence-electron chi connectivity index (χ4n) is 1.92. The molecule has 1 heterocycles. The Bertz CT molecular complexity index is 615. The number of hydrogen-bond acceptors (Lipinski definition) is 5. The van der Waals surface area contributed by atoms with Crippen LogP contribution in [0.1, 0.15) is 18.7 Å². The van der Waals surface area contributed by atoms with Crippen LogP contribution < -0.4 is 10.6 Å². The molecule has 118 valence electrons. The molecule has 0 bridgehead atoms. The molecule has 0 saturated heterocycles. The lowest BCUT2D eigenvalue weighted by molar-refractivity contribution is -0.121. The van der Waals surface area contributed by atoms with Crippen molar-refractivity contribution >= 4 is 17.5 Å². The monoisotopic (exact) mass is 322 g/mol. The Balaban J connectivity index is 1.79. The highest BCUT2D eigenvalue weighted by atomic mass is 35.5. The molecule has 2 rings (SSSR count). The summed E-state index contributed by atoms with van der Waals surface area (Å²) in [6.45, 7) is 1.32. The largest absolute Gasteiger partial charge is 0.356 e. The second-order valence-corrected chi connectivity index (χ2v) is 5.27. The number of nitrogens with zero attached hydrogens (tertiary/aromatic N) is 2. The third-order valence-corrected chi connectivity index (χ3v) is 3.28. The summed E-state index contributed by atoms with van der Waals surface area (Å²) in [5, 5.41) is 10.4. The van der Waals surface area contributed by atoms with Crippen molar-refractivity contribution in [1.82, 2.24) is 20.8 Å². The lowest BCUT2D eigenvalue weighted by Gasteiger charge is -2.02. The quantitative estimate of drug-likeness (QED) is 0.727. The highest BCUT2D eigenvalue weighted by Crippen LogP contribution is 2.19. The Labute approximate surface area is 134 Å². The van der Waals surface area contributed by atoms with Crippen LogP contribution in [0.25, 0.3) is 11.4 Å². The predicted molar refractivity (Wildman–Crippen MR) is 84.6 cm³/mol. The van der Waals surface area contributed by atoms with Crippen molar-refractivity contribution in [3.63, 3.8) is 0 Å². The van der Waals surface area contributed by atoms with Crippen LogP contribution in [-0.4, -0.2) is 36.2 Å². The maximum absolute atomic E-state index is 11.6. The van der Waals surface area contributed by atoms with Gasteiger partial charge in [0.25, 0.3) is 0 Å². The van der Waals surface area contributed by atoms with E-state index in [0.29, 0.717) is 36.1 Å². The van der Waals surface area contributed by atoms with E-state index in [1.807, 2.05) is 19.2 Å². The lowest BCUT2D eigenvalue weighted by Crippen LogP contribution is -2.26. The number of nitrogens with one attached hydrogen (secondary N) is 2. The first-order valence-corrected chi connectivity index (χ1v) is 7.56. The molecule has 1 aromatic carbocycles. The van der Waals surface area contributed by atoms with E-state index in [2.05, 4.69) is 20.8 Å². The van der Waals surface area contributed by atoms with Crippen molar-refractivity contribution in [3.8, 4) is 11.4 Å². The first kappa shape index (κ1) is 16.5. The van der Waals surface area contributed by atoms with Gasteiger partial charge in [-0.3, -0.25) is 4.79 Å². The van der Waals surface area contributed by atoms with E-state index in [9.17, 15) is 4.79 Å². The van der Waals surface area contributed by atoms with Crippen LogP contribution in [-0.2, 0) is 11.2 Å². The molecule has 0 spiro atoms. The first-order valence-electron chi connectivity index (χ1n) is 7.19. The third-order valence-electron chi connectivity index (χ3n) is 3.04. The number of carbonyl (C=O) groups is 1. The molecule has 6 nitrogen and oxygen atoms in total. The SMILES string of the molecule is CNCCCC(=O)NCCc1nc(-c2cccc(Cl)c2)no1. The van der Waals surface area contributed by atoms with Crippen LogP contribution in [0.3, 0.4) is 0 Å². The van der Waals surface area contributed by atoms with Gasteiger partial charge < -0.3 is 15.2 Å². The van der Waals surface area contributed by atoms with Crippen molar-refractivity contribution in [2.75, 3.05) is 20.1 Å². The van der Waals surface area contributed by atoms with E-state index in [1.165, 1.54) is 0 Å².